The third kappa shape index (κ3) is 6.61. The average Bonchev–Trinajstić information content (AvgIpc) is 2.65. The van der Waals surface area contributed by atoms with Crippen LogP contribution in [0.25, 0.3) is 0 Å². The number of nitrogens with zero attached hydrogens (tertiary/aromatic N) is 2. The van der Waals surface area contributed by atoms with Crippen LogP contribution in [0.1, 0.15) is 18.1 Å². The molecule has 0 fully saturated rings. The van der Waals surface area contributed by atoms with Crippen molar-refractivity contribution < 1.29 is 23.8 Å². The number of carbonyl (C=O) groups is 2. The van der Waals surface area contributed by atoms with E-state index in [-0.39, 0.29) is 12.5 Å². The molecule has 7 nitrogen and oxygen atoms in total. The van der Waals surface area contributed by atoms with Crippen molar-refractivity contribution in [3.63, 3.8) is 0 Å². The van der Waals surface area contributed by atoms with Gasteiger partial charge in [-0.05, 0) is 31.9 Å². The molecule has 0 bridgehead atoms. The van der Waals surface area contributed by atoms with Crippen LogP contribution < -0.4 is 4.90 Å². The lowest BCUT2D eigenvalue weighted by Gasteiger charge is -2.32. The lowest BCUT2D eigenvalue weighted by atomic mass is 10.1. The number of amides is 1. The first kappa shape index (κ1) is 23.1. The van der Waals surface area contributed by atoms with E-state index in [1.54, 1.807) is 26.0 Å². The van der Waals surface area contributed by atoms with Gasteiger partial charge >= 0.3 is 5.97 Å². The smallest absolute Gasteiger partial charge is 0.328 e. The van der Waals surface area contributed by atoms with Crippen LogP contribution in [0.3, 0.4) is 0 Å². The summed E-state index contributed by atoms with van der Waals surface area (Å²) >= 11 is 0. The lowest BCUT2D eigenvalue weighted by Crippen LogP contribution is -2.49. The normalized spacial score (nSPS) is 12.1. The van der Waals surface area contributed by atoms with Crippen molar-refractivity contribution in [1.29, 1.82) is 0 Å². The van der Waals surface area contributed by atoms with E-state index in [1.807, 2.05) is 36.9 Å². The molecule has 1 amide bonds. The number of para-hydroxylation sites is 1. The summed E-state index contributed by atoms with van der Waals surface area (Å²) in [6.45, 7) is 7.91. The van der Waals surface area contributed by atoms with Crippen molar-refractivity contribution >= 4 is 17.6 Å². The Morgan fingerprint density at radius 1 is 1.00 bits per heavy atom. The van der Waals surface area contributed by atoms with E-state index < -0.39 is 12.0 Å². The second kappa shape index (κ2) is 11.7. The zero-order valence-corrected chi connectivity index (χ0v) is 17.3. The van der Waals surface area contributed by atoms with Crippen LogP contribution in [0.4, 0.5) is 5.69 Å². The minimum Gasteiger partial charge on any atom is -0.467 e. The Labute approximate surface area is 162 Å². The van der Waals surface area contributed by atoms with Crippen molar-refractivity contribution in [2.45, 2.75) is 26.8 Å². The van der Waals surface area contributed by atoms with E-state index in [1.165, 1.54) is 7.11 Å². The summed E-state index contributed by atoms with van der Waals surface area (Å²) in [6.07, 6.45) is 0. The SMILES string of the molecule is COCCN(CCOC)CC(=O)N(c1c(C)cccc1C)C(C)C(=O)OC. The second-order valence-electron chi connectivity index (χ2n) is 6.47. The van der Waals surface area contributed by atoms with Crippen LogP contribution in [0.15, 0.2) is 18.2 Å². The number of ether oxygens (including phenoxy) is 3. The highest BCUT2D eigenvalue weighted by Crippen LogP contribution is 2.27. The number of rotatable bonds is 11. The molecule has 0 radical (unpaired) electrons. The monoisotopic (exact) mass is 380 g/mol. The standard InChI is InChI=1S/C20H32N2O5/c1-15-8-7-9-16(2)19(15)22(17(3)20(24)27-6)18(23)14-21(10-12-25-4)11-13-26-5/h7-9,17H,10-14H2,1-6H3. The van der Waals surface area contributed by atoms with E-state index in [0.29, 0.717) is 26.3 Å². The summed E-state index contributed by atoms with van der Waals surface area (Å²) in [6, 6.07) is 5.07. The Morgan fingerprint density at radius 3 is 1.96 bits per heavy atom. The number of carbonyl (C=O) groups excluding carboxylic acids is 2. The van der Waals surface area contributed by atoms with Gasteiger partial charge in [0.1, 0.15) is 6.04 Å². The number of anilines is 1. The number of esters is 1. The maximum atomic E-state index is 13.2. The number of hydrogen-bond acceptors (Lipinski definition) is 6. The molecule has 0 aliphatic rings. The number of benzene rings is 1. The molecule has 0 spiro atoms. The molecule has 1 atom stereocenters. The predicted molar refractivity (Wildman–Crippen MR) is 105 cm³/mol. The maximum Gasteiger partial charge on any atom is 0.328 e. The zero-order valence-electron chi connectivity index (χ0n) is 17.3. The molecule has 0 aliphatic carbocycles. The summed E-state index contributed by atoms with van der Waals surface area (Å²) < 4.78 is 15.2. The Balaban J connectivity index is 3.17. The molecule has 7 heteroatoms. The van der Waals surface area contributed by atoms with Crippen molar-refractivity contribution in [2.75, 3.05) is 59.1 Å². The van der Waals surface area contributed by atoms with Gasteiger partial charge in [-0.15, -0.1) is 0 Å². The number of aryl methyl sites for hydroxylation is 2. The van der Waals surface area contributed by atoms with Crippen LogP contribution in [-0.2, 0) is 23.8 Å². The molecule has 0 aliphatic heterocycles. The zero-order chi connectivity index (χ0) is 20.4. The topological polar surface area (TPSA) is 68.3 Å². The molecule has 1 aromatic rings. The summed E-state index contributed by atoms with van der Waals surface area (Å²) in [7, 11) is 4.58. The molecular formula is C20H32N2O5. The third-order valence-corrected chi connectivity index (χ3v) is 4.46. The van der Waals surface area contributed by atoms with Gasteiger partial charge in [0.05, 0.1) is 32.6 Å². The lowest BCUT2D eigenvalue weighted by molar-refractivity contribution is -0.143. The second-order valence-corrected chi connectivity index (χ2v) is 6.47. The van der Waals surface area contributed by atoms with Gasteiger partial charge in [-0.25, -0.2) is 4.79 Å². The molecule has 1 unspecified atom stereocenters. The molecule has 1 aromatic carbocycles. The average molecular weight is 380 g/mol. The van der Waals surface area contributed by atoms with E-state index in [4.69, 9.17) is 14.2 Å². The van der Waals surface area contributed by atoms with Crippen LogP contribution >= 0.6 is 0 Å². The first-order valence-electron chi connectivity index (χ1n) is 9.03. The summed E-state index contributed by atoms with van der Waals surface area (Å²) in [4.78, 5) is 29.0. The van der Waals surface area contributed by atoms with Gasteiger partial charge in [-0.1, -0.05) is 18.2 Å². The highest BCUT2D eigenvalue weighted by Gasteiger charge is 2.31. The quantitative estimate of drug-likeness (QED) is 0.545. The minimum atomic E-state index is -0.728. The van der Waals surface area contributed by atoms with Gasteiger partial charge in [0, 0.05) is 27.3 Å². The summed E-state index contributed by atoms with van der Waals surface area (Å²) in [5.41, 5.74) is 2.61. The first-order valence-corrected chi connectivity index (χ1v) is 9.03. The Hall–Kier alpha value is -1.96. The van der Waals surface area contributed by atoms with E-state index in [9.17, 15) is 9.59 Å². The summed E-state index contributed by atoms with van der Waals surface area (Å²) in [5.74, 6) is -0.621. The van der Waals surface area contributed by atoms with E-state index in [2.05, 4.69) is 0 Å². The van der Waals surface area contributed by atoms with E-state index in [0.717, 1.165) is 16.8 Å². The van der Waals surface area contributed by atoms with Gasteiger partial charge in [-0.3, -0.25) is 14.6 Å². The third-order valence-electron chi connectivity index (χ3n) is 4.46. The first-order chi connectivity index (χ1) is 12.9. The predicted octanol–water partition coefficient (Wildman–Crippen LogP) is 1.79. The van der Waals surface area contributed by atoms with Crippen molar-refractivity contribution in [3.05, 3.63) is 29.3 Å². The highest BCUT2D eigenvalue weighted by molar-refractivity contribution is 6.01. The fourth-order valence-corrected chi connectivity index (χ4v) is 2.97. The molecular weight excluding hydrogens is 348 g/mol. The fourth-order valence-electron chi connectivity index (χ4n) is 2.97. The van der Waals surface area contributed by atoms with E-state index >= 15 is 0 Å². The van der Waals surface area contributed by atoms with Crippen LogP contribution in [-0.4, -0.2) is 77.0 Å². The largest absolute Gasteiger partial charge is 0.467 e. The summed E-state index contributed by atoms with van der Waals surface area (Å²) in [5, 5.41) is 0. The van der Waals surface area contributed by atoms with Gasteiger partial charge in [0.25, 0.3) is 0 Å². The Morgan fingerprint density at radius 2 is 1.52 bits per heavy atom. The van der Waals surface area contributed by atoms with Gasteiger partial charge < -0.3 is 14.2 Å². The number of methoxy groups -OCH3 is 3. The molecule has 27 heavy (non-hydrogen) atoms. The van der Waals surface area contributed by atoms with Gasteiger partial charge in [0.15, 0.2) is 0 Å². The van der Waals surface area contributed by atoms with Gasteiger partial charge in [0.2, 0.25) is 5.91 Å². The van der Waals surface area contributed by atoms with Crippen molar-refractivity contribution in [3.8, 4) is 0 Å². The molecule has 0 saturated carbocycles. The minimum absolute atomic E-state index is 0.155. The number of hydrogen-bond donors (Lipinski definition) is 0. The Bertz CT molecular complexity index is 592. The van der Waals surface area contributed by atoms with Crippen LogP contribution in [0.5, 0.6) is 0 Å². The highest BCUT2D eigenvalue weighted by atomic mass is 16.5. The molecule has 0 aromatic heterocycles. The van der Waals surface area contributed by atoms with Crippen LogP contribution in [0.2, 0.25) is 0 Å². The Kier molecular flexibility index (Phi) is 9.99. The van der Waals surface area contributed by atoms with Crippen molar-refractivity contribution in [2.24, 2.45) is 0 Å². The molecule has 1 rings (SSSR count). The van der Waals surface area contributed by atoms with Gasteiger partial charge in [-0.2, -0.15) is 0 Å². The molecule has 0 saturated heterocycles. The fraction of sp³-hybridized carbons (Fsp3) is 0.600. The molecule has 0 heterocycles. The van der Waals surface area contributed by atoms with Crippen molar-refractivity contribution in [1.82, 2.24) is 4.90 Å². The molecule has 152 valence electrons. The van der Waals surface area contributed by atoms with Crippen LogP contribution in [0, 0.1) is 13.8 Å². The maximum absolute atomic E-state index is 13.2. The molecule has 0 N–H and O–H groups in total.